The summed E-state index contributed by atoms with van der Waals surface area (Å²) < 4.78 is 40.6. The van der Waals surface area contributed by atoms with Crippen LogP contribution in [0.25, 0.3) is 21.8 Å². The van der Waals surface area contributed by atoms with Crippen LogP contribution in [-0.4, -0.2) is 56.6 Å². The van der Waals surface area contributed by atoms with Gasteiger partial charge in [-0.05, 0) is 41.5 Å². The zero-order valence-corrected chi connectivity index (χ0v) is 23.8. The van der Waals surface area contributed by atoms with Crippen LogP contribution in [0.4, 0.5) is 5.69 Å². The van der Waals surface area contributed by atoms with Crippen molar-refractivity contribution in [3.63, 3.8) is 0 Å². The molecule has 9 nitrogen and oxygen atoms in total. The van der Waals surface area contributed by atoms with E-state index in [0.717, 1.165) is 32.0 Å². The number of rotatable bonds is 13. The molecule has 0 aliphatic rings. The third kappa shape index (κ3) is 6.98. The first kappa shape index (κ1) is 28.4. The van der Waals surface area contributed by atoms with Gasteiger partial charge in [-0.3, -0.25) is 4.72 Å². The van der Waals surface area contributed by atoms with E-state index in [1.807, 2.05) is 54.6 Å². The molecule has 0 saturated heterocycles. The molecule has 214 valence electrons. The first-order valence-corrected chi connectivity index (χ1v) is 14.8. The highest BCUT2D eigenvalue weighted by atomic mass is 32.2. The van der Waals surface area contributed by atoms with Crippen LogP contribution in [0.15, 0.2) is 91.0 Å². The minimum Gasteiger partial charge on any atom is -0.492 e. The van der Waals surface area contributed by atoms with Crippen molar-refractivity contribution in [2.75, 3.05) is 38.5 Å². The molecule has 0 unspecified atom stereocenters. The number of hydrogen-bond donors (Lipinski definition) is 4. The largest absolute Gasteiger partial charge is 0.492 e. The van der Waals surface area contributed by atoms with Gasteiger partial charge < -0.3 is 24.9 Å². The molecule has 41 heavy (non-hydrogen) atoms. The number of aromatic nitrogens is 1. The summed E-state index contributed by atoms with van der Waals surface area (Å²) in [5.41, 5.74) is 3.85. The number of fused-ring (bicyclic) bond motifs is 3. The van der Waals surface area contributed by atoms with Gasteiger partial charge in [-0.2, -0.15) is 12.7 Å². The first-order valence-electron chi connectivity index (χ1n) is 13.3. The molecule has 1 heterocycles. The molecular formula is C31H34N4O5S. The van der Waals surface area contributed by atoms with Gasteiger partial charge in [0, 0.05) is 49.5 Å². The van der Waals surface area contributed by atoms with Crippen molar-refractivity contribution in [1.29, 1.82) is 0 Å². The number of hydrogen-bond acceptors (Lipinski definition) is 6. The smallest absolute Gasteiger partial charge is 0.301 e. The highest BCUT2D eigenvalue weighted by Gasteiger charge is 2.18. The van der Waals surface area contributed by atoms with Crippen LogP contribution in [0.2, 0.25) is 0 Å². The average molecular weight is 575 g/mol. The molecule has 1 aromatic heterocycles. The van der Waals surface area contributed by atoms with Crippen molar-refractivity contribution >= 4 is 37.7 Å². The number of aliphatic hydroxyl groups is 1. The lowest BCUT2D eigenvalue weighted by atomic mass is 10.1. The normalized spacial score (nSPS) is 12.6. The third-order valence-corrected chi connectivity index (χ3v) is 8.15. The van der Waals surface area contributed by atoms with Gasteiger partial charge in [-0.25, -0.2) is 0 Å². The van der Waals surface area contributed by atoms with Gasteiger partial charge in [0.25, 0.3) is 0 Å². The first-order chi connectivity index (χ1) is 19.8. The van der Waals surface area contributed by atoms with E-state index < -0.39 is 16.3 Å². The molecule has 1 atom stereocenters. The predicted molar refractivity (Wildman–Crippen MR) is 163 cm³/mol. The summed E-state index contributed by atoms with van der Waals surface area (Å²) in [5, 5.41) is 16.3. The number of ether oxygens (including phenoxy) is 2. The van der Waals surface area contributed by atoms with Crippen LogP contribution in [0.1, 0.15) is 17.2 Å². The molecule has 0 fully saturated rings. The van der Waals surface area contributed by atoms with E-state index >= 15 is 0 Å². The number of nitrogens with one attached hydrogen (secondary N) is 3. The number of para-hydroxylation sites is 1. The summed E-state index contributed by atoms with van der Waals surface area (Å²) in [6.07, 6.45) is -0.872. The third-order valence-electron chi connectivity index (χ3n) is 6.71. The van der Waals surface area contributed by atoms with E-state index in [0.29, 0.717) is 24.5 Å². The summed E-state index contributed by atoms with van der Waals surface area (Å²) in [6, 6.07) is 28.8. The molecule has 0 saturated carbocycles. The molecule has 5 aromatic rings. The van der Waals surface area contributed by atoms with Crippen LogP contribution in [-0.2, 0) is 16.8 Å². The minimum atomic E-state index is -3.78. The molecule has 0 aliphatic heterocycles. The number of aromatic amines is 1. The Bertz CT molecular complexity index is 1720. The Balaban J connectivity index is 1.18. The van der Waals surface area contributed by atoms with Gasteiger partial charge in [0.1, 0.15) is 24.7 Å². The number of H-pyrrole nitrogens is 1. The second-order valence-electron chi connectivity index (χ2n) is 9.87. The molecule has 0 amide bonds. The highest BCUT2D eigenvalue weighted by molar-refractivity contribution is 7.90. The van der Waals surface area contributed by atoms with E-state index in [4.69, 9.17) is 9.47 Å². The van der Waals surface area contributed by atoms with Crippen LogP contribution < -0.4 is 19.5 Å². The standard InChI is InChI=1S/C31H34N4O5S/c1-35(2)41(37,38)34-29-18-23(12-15-31(29)40-21-22-8-4-3-5-9-22)30(36)20-32-16-17-39-24-13-14-26-25-10-6-7-11-27(25)33-28(26)19-24/h3-15,18-19,30,32-34,36H,16-17,20-21H2,1-2H3/t30-/m1/s1. The van der Waals surface area contributed by atoms with Gasteiger partial charge in [0.2, 0.25) is 0 Å². The Morgan fingerprint density at radius 3 is 2.44 bits per heavy atom. The quantitative estimate of drug-likeness (QED) is 0.150. The monoisotopic (exact) mass is 574 g/mol. The predicted octanol–water partition coefficient (Wildman–Crippen LogP) is 4.82. The summed E-state index contributed by atoms with van der Waals surface area (Å²) in [6.45, 7) is 1.46. The zero-order valence-electron chi connectivity index (χ0n) is 23.0. The summed E-state index contributed by atoms with van der Waals surface area (Å²) in [4.78, 5) is 3.41. The maximum absolute atomic E-state index is 12.6. The summed E-state index contributed by atoms with van der Waals surface area (Å²) >= 11 is 0. The molecule has 0 aliphatic carbocycles. The SMILES string of the molecule is CN(C)S(=O)(=O)Nc1cc([C@H](O)CNCCOc2ccc3c(c2)[nH]c2ccccc23)ccc1OCc1ccccc1. The summed E-state index contributed by atoms with van der Waals surface area (Å²) in [5.74, 6) is 1.12. The van der Waals surface area contributed by atoms with E-state index in [9.17, 15) is 13.5 Å². The molecule has 0 radical (unpaired) electrons. The summed E-state index contributed by atoms with van der Waals surface area (Å²) in [7, 11) is -0.904. The Labute approximate surface area is 239 Å². The molecular weight excluding hydrogens is 540 g/mol. The number of nitrogens with zero attached hydrogens (tertiary/aromatic N) is 1. The Kier molecular flexibility index (Phi) is 8.75. The van der Waals surface area contributed by atoms with Crippen LogP contribution in [0.5, 0.6) is 11.5 Å². The van der Waals surface area contributed by atoms with Crippen molar-refractivity contribution in [1.82, 2.24) is 14.6 Å². The Hall–Kier alpha value is -4.09. The van der Waals surface area contributed by atoms with Gasteiger partial charge >= 0.3 is 10.2 Å². The maximum Gasteiger partial charge on any atom is 0.301 e. The topological polar surface area (TPSA) is 116 Å². The van der Waals surface area contributed by atoms with Crippen LogP contribution in [0, 0.1) is 0 Å². The van der Waals surface area contributed by atoms with Gasteiger partial charge in [0.05, 0.1) is 17.3 Å². The fourth-order valence-corrected chi connectivity index (χ4v) is 5.07. The second kappa shape index (κ2) is 12.6. The van der Waals surface area contributed by atoms with Crippen molar-refractivity contribution < 1.29 is 23.0 Å². The molecule has 0 bridgehead atoms. The number of aliphatic hydroxyl groups excluding tert-OH is 1. The molecule has 0 spiro atoms. The fourth-order valence-electron chi connectivity index (χ4n) is 4.45. The van der Waals surface area contributed by atoms with Gasteiger partial charge in [0.15, 0.2) is 0 Å². The average Bonchev–Trinajstić information content (AvgIpc) is 3.34. The van der Waals surface area contributed by atoms with Gasteiger partial charge in [-0.1, -0.05) is 54.6 Å². The number of anilines is 1. The minimum absolute atomic E-state index is 0.252. The van der Waals surface area contributed by atoms with E-state index in [1.165, 1.54) is 19.5 Å². The maximum atomic E-state index is 12.6. The van der Waals surface area contributed by atoms with E-state index in [-0.39, 0.29) is 18.8 Å². The van der Waals surface area contributed by atoms with Crippen molar-refractivity contribution in [3.8, 4) is 11.5 Å². The number of benzene rings is 4. The fraction of sp³-hybridized carbons (Fsp3) is 0.226. The van der Waals surface area contributed by atoms with Crippen molar-refractivity contribution in [2.45, 2.75) is 12.7 Å². The van der Waals surface area contributed by atoms with Crippen LogP contribution >= 0.6 is 0 Å². The lowest BCUT2D eigenvalue weighted by Crippen LogP contribution is -2.29. The van der Waals surface area contributed by atoms with Crippen molar-refractivity contribution in [2.24, 2.45) is 0 Å². The second-order valence-corrected chi connectivity index (χ2v) is 11.8. The van der Waals surface area contributed by atoms with Gasteiger partial charge in [-0.15, -0.1) is 0 Å². The lowest BCUT2D eigenvalue weighted by Gasteiger charge is -2.19. The Morgan fingerprint density at radius 1 is 0.878 bits per heavy atom. The molecule has 4 aromatic carbocycles. The zero-order chi connectivity index (χ0) is 28.8. The van der Waals surface area contributed by atoms with Crippen LogP contribution in [0.3, 0.4) is 0 Å². The Morgan fingerprint density at radius 2 is 1.63 bits per heavy atom. The molecule has 5 rings (SSSR count). The van der Waals surface area contributed by atoms with Crippen molar-refractivity contribution in [3.05, 3.63) is 102 Å². The van der Waals surface area contributed by atoms with E-state index in [1.54, 1.807) is 18.2 Å². The lowest BCUT2D eigenvalue weighted by molar-refractivity contribution is 0.172. The highest BCUT2D eigenvalue weighted by Crippen LogP contribution is 2.31. The van der Waals surface area contributed by atoms with E-state index in [2.05, 4.69) is 33.2 Å². The molecule has 10 heteroatoms. The molecule has 4 N–H and O–H groups in total.